The maximum atomic E-state index is 14.5. The van der Waals surface area contributed by atoms with Gasteiger partial charge in [-0.15, -0.1) is 0 Å². The van der Waals surface area contributed by atoms with Gasteiger partial charge in [-0.2, -0.15) is 0 Å². The minimum Gasteiger partial charge on any atom is -0.460 e. The molecule has 0 spiro atoms. The van der Waals surface area contributed by atoms with Crippen LogP contribution < -0.4 is 0 Å². The van der Waals surface area contributed by atoms with Crippen LogP contribution in [0.5, 0.6) is 0 Å². The molecular weight excluding hydrogens is 817 g/mol. The van der Waals surface area contributed by atoms with Gasteiger partial charge >= 0.3 is 17.9 Å². The normalized spacial score (nSPS) is 38.0. The lowest BCUT2D eigenvalue weighted by Crippen LogP contribution is -2.66. The highest BCUT2D eigenvalue weighted by molar-refractivity contribution is 5.90. The summed E-state index contributed by atoms with van der Waals surface area (Å²) in [5, 5.41) is 12.0. The van der Waals surface area contributed by atoms with Gasteiger partial charge in [0.1, 0.15) is 12.7 Å². The number of ether oxygens (including phenoxy) is 5. The van der Waals surface area contributed by atoms with E-state index in [1.165, 1.54) is 5.57 Å². The number of carbonyl (C=O) groups excluding carboxylic acids is 3. The number of hydrogen-bond donors (Lipinski definition) is 1. The van der Waals surface area contributed by atoms with Crippen LogP contribution in [0, 0.1) is 50.2 Å². The maximum absolute atomic E-state index is 14.5. The second-order valence-electron chi connectivity index (χ2n) is 22.7. The van der Waals surface area contributed by atoms with Crippen molar-refractivity contribution < 1.29 is 43.2 Å². The highest BCUT2D eigenvalue weighted by atomic mass is 16.7. The zero-order valence-electron chi connectivity index (χ0n) is 39.6. The van der Waals surface area contributed by atoms with Gasteiger partial charge in [0.05, 0.1) is 29.3 Å². The number of allylic oxidation sites excluding steroid dienone is 2. The van der Waals surface area contributed by atoms with E-state index < -0.39 is 42.0 Å². The van der Waals surface area contributed by atoms with Crippen molar-refractivity contribution in [3.63, 3.8) is 0 Å². The highest BCUT2D eigenvalue weighted by Crippen LogP contribution is 2.76. The molecule has 3 aromatic carbocycles. The van der Waals surface area contributed by atoms with Gasteiger partial charge in [0.2, 0.25) is 0 Å². The van der Waals surface area contributed by atoms with E-state index >= 15 is 0 Å². The second kappa shape index (κ2) is 17.1. The summed E-state index contributed by atoms with van der Waals surface area (Å²) in [4.78, 5) is 41.2. The number of benzene rings is 3. The summed E-state index contributed by atoms with van der Waals surface area (Å²) in [6, 6.07) is 27.3. The average molecular weight is 887 g/mol. The van der Waals surface area contributed by atoms with E-state index in [0.29, 0.717) is 29.6 Å². The fourth-order valence-corrected chi connectivity index (χ4v) is 14.5. The third-order valence-electron chi connectivity index (χ3n) is 18.4. The van der Waals surface area contributed by atoms with Crippen molar-refractivity contribution in [3.05, 3.63) is 119 Å². The SMILES string of the molecule is CC1(C)CC[C@]2(C(=O)OCc3ccccc3)CC[C@]3(C)C(=CC[C@@H]4[C@@]5(C)CC[C@H](O[C@@H]6OC[C@@H](OC(=O)c7ccccc7)[C@H](OC(=O)c7ccccc7)[C@H]6O)C(C)(C)[C@@H]5CC[C@]43C)[C@@H]2C1. The van der Waals surface area contributed by atoms with Crippen molar-refractivity contribution in [1.29, 1.82) is 0 Å². The lowest BCUT2D eigenvalue weighted by molar-refractivity contribution is -0.307. The van der Waals surface area contributed by atoms with Gasteiger partial charge in [-0.3, -0.25) is 4.79 Å². The van der Waals surface area contributed by atoms with Crippen LogP contribution in [0.15, 0.2) is 103 Å². The van der Waals surface area contributed by atoms with Crippen molar-refractivity contribution in [2.45, 2.75) is 150 Å². The zero-order chi connectivity index (χ0) is 46.0. The number of fused-ring (bicyclic) bond motifs is 7. The topological polar surface area (TPSA) is 118 Å². The lowest BCUT2D eigenvalue weighted by Gasteiger charge is -2.71. The number of aliphatic hydroxyl groups is 1. The number of hydrogen-bond acceptors (Lipinski definition) is 9. The van der Waals surface area contributed by atoms with Crippen LogP contribution in [-0.2, 0) is 35.1 Å². The zero-order valence-corrected chi connectivity index (χ0v) is 39.6. The summed E-state index contributed by atoms with van der Waals surface area (Å²) < 4.78 is 31.2. The summed E-state index contributed by atoms with van der Waals surface area (Å²) in [5.74, 6) is -0.302. The summed E-state index contributed by atoms with van der Waals surface area (Å²) in [6.07, 6.45) is 7.16. The lowest BCUT2D eigenvalue weighted by atomic mass is 9.33. The Kier molecular flexibility index (Phi) is 12.0. The fourth-order valence-electron chi connectivity index (χ4n) is 14.5. The van der Waals surface area contributed by atoms with E-state index in [2.05, 4.69) is 54.5 Å². The van der Waals surface area contributed by atoms with Crippen molar-refractivity contribution in [3.8, 4) is 0 Å². The first-order valence-corrected chi connectivity index (χ1v) is 24.3. The summed E-state index contributed by atoms with van der Waals surface area (Å²) >= 11 is 0. The molecule has 0 aromatic heterocycles. The molecule has 6 aliphatic rings. The minimum atomic E-state index is -1.41. The van der Waals surface area contributed by atoms with Crippen LogP contribution >= 0.6 is 0 Å². The highest BCUT2D eigenvalue weighted by Gasteiger charge is 2.70. The molecule has 1 saturated heterocycles. The second-order valence-corrected chi connectivity index (χ2v) is 22.7. The molecule has 5 aliphatic carbocycles. The maximum Gasteiger partial charge on any atom is 0.338 e. The van der Waals surface area contributed by atoms with Gasteiger partial charge in [-0.05, 0) is 139 Å². The molecular formula is C56H70O9. The van der Waals surface area contributed by atoms with Gasteiger partial charge in [-0.1, -0.05) is 127 Å². The number of esters is 3. The van der Waals surface area contributed by atoms with Gasteiger partial charge in [0.25, 0.3) is 0 Å². The molecule has 0 amide bonds. The molecule has 0 unspecified atom stereocenters. The fraction of sp³-hybridized carbons (Fsp3) is 0.589. The minimum absolute atomic E-state index is 0.00992. The Morgan fingerprint density at radius 3 is 1.98 bits per heavy atom. The van der Waals surface area contributed by atoms with E-state index in [1.807, 2.05) is 42.5 Å². The quantitative estimate of drug-likeness (QED) is 0.0970. The Balaban J connectivity index is 0.939. The monoisotopic (exact) mass is 887 g/mol. The first-order chi connectivity index (χ1) is 30.9. The van der Waals surface area contributed by atoms with Gasteiger partial charge in [0, 0.05) is 0 Å². The molecule has 1 aliphatic heterocycles. The first-order valence-electron chi connectivity index (χ1n) is 24.3. The molecule has 5 fully saturated rings. The molecule has 3 aromatic rings. The van der Waals surface area contributed by atoms with Crippen LogP contribution in [0.25, 0.3) is 0 Å². The molecule has 9 heteroatoms. The van der Waals surface area contributed by atoms with Crippen LogP contribution in [0.3, 0.4) is 0 Å². The predicted octanol–water partition coefficient (Wildman–Crippen LogP) is 11.1. The molecule has 348 valence electrons. The van der Waals surface area contributed by atoms with E-state index in [0.717, 1.165) is 69.8 Å². The first kappa shape index (κ1) is 45.8. The molecule has 0 radical (unpaired) electrons. The van der Waals surface area contributed by atoms with Crippen molar-refractivity contribution in [2.75, 3.05) is 6.61 Å². The van der Waals surface area contributed by atoms with Crippen molar-refractivity contribution >= 4 is 17.9 Å². The molecule has 4 saturated carbocycles. The van der Waals surface area contributed by atoms with Crippen LogP contribution in [0.2, 0.25) is 0 Å². The largest absolute Gasteiger partial charge is 0.460 e. The molecule has 9 nitrogen and oxygen atoms in total. The van der Waals surface area contributed by atoms with Crippen molar-refractivity contribution in [1.82, 2.24) is 0 Å². The Hall–Kier alpha value is -4.31. The Labute approximate surface area is 386 Å². The summed E-state index contributed by atoms with van der Waals surface area (Å²) in [6.45, 7) is 17.3. The molecule has 12 atom stereocenters. The standard InChI is InChI=1S/C56H70O9/c1-51(2)29-31-56(50(60)62-34-36-17-11-8-12-18-36)32-30-54(6)39(40(56)33-51)23-24-43-53(5)27-26-44(52(3,4)42(53)25-28-55(43,54)7)64-49-45(57)46(65-48(59)38-21-15-10-16-22-38)41(35-61-49)63-47(58)37-19-13-9-14-20-37/h8-23,40-46,49,57H,24-35H2,1-7H3/t40-,41+,42-,43+,44-,45+,46-,49-,53-,54+,55+,56-/m0/s1. The van der Waals surface area contributed by atoms with Crippen molar-refractivity contribution in [2.24, 2.45) is 50.2 Å². The predicted molar refractivity (Wildman–Crippen MR) is 247 cm³/mol. The third-order valence-corrected chi connectivity index (χ3v) is 18.4. The summed E-state index contributed by atoms with van der Waals surface area (Å²) in [7, 11) is 0. The summed E-state index contributed by atoms with van der Waals surface area (Å²) in [5.41, 5.74) is 2.59. The van der Waals surface area contributed by atoms with Gasteiger partial charge < -0.3 is 28.8 Å². The van der Waals surface area contributed by atoms with Gasteiger partial charge in [-0.25, -0.2) is 9.59 Å². The van der Waals surface area contributed by atoms with Crippen LogP contribution in [0.1, 0.15) is 139 Å². The Bertz CT molecular complexity index is 2260. The number of carbonyl (C=O) groups is 3. The number of aliphatic hydroxyl groups excluding tert-OH is 1. The number of rotatable bonds is 9. The molecule has 9 rings (SSSR count). The molecule has 65 heavy (non-hydrogen) atoms. The third kappa shape index (κ3) is 7.89. The van der Waals surface area contributed by atoms with Crippen LogP contribution in [0.4, 0.5) is 0 Å². The van der Waals surface area contributed by atoms with E-state index in [4.69, 9.17) is 23.7 Å². The molecule has 0 bridgehead atoms. The van der Waals surface area contributed by atoms with Gasteiger partial charge in [0.15, 0.2) is 18.5 Å². The molecule has 1 N–H and O–H groups in total. The van der Waals surface area contributed by atoms with E-state index in [-0.39, 0.29) is 51.7 Å². The van der Waals surface area contributed by atoms with Crippen LogP contribution in [-0.4, -0.2) is 60.3 Å². The Morgan fingerprint density at radius 2 is 1.32 bits per heavy atom. The average Bonchev–Trinajstić information content (AvgIpc) is 3.29. The smallest absolute Gasteiger partial charge is 0.338 e. The molecule has 1 heterocycles. The Morgan fingerprint density at radius 1 is 0.708 bits per heavy atom. The van der Waals surface area contributed by atoms with E-state index in [1.54, 1.807) is 48.5 Å². The van der Waals surface area contributed by atoms with E-state index in [9.17, 15) is 19.5 Å².